The van der Waals surface area contributed by atoms with Crippen LogP contribution in [0.1, 0.15) is 25.8 Å². The van der Waals surface area contributed by atoms with Crippen LogP contribution in [0.3, 0.4) is 0 Å². The average molecular weight is 451 g/mol. The largest absolute Gasteiger partial charge is 0.354 e. The molecule has 3 aromatic rings. The predicted molar refractivity (Wildman–Crippen MR) is 128 cm³/mol. The van der Waals surface area contributed by atoms with E-state index in [1.807, 2.05) is 36.9 Å². The number of hydrogen-bond acceptors (Lipinski definition) is 3. The van der Waals surface area contributed by atoms with Crippen LogP contribution in [-0.4, -0.2) is 65.4 Å². The minimum atomic E-state index is -0.271. The van der Waals surface area contributed by atoms with E-state index in [1.165, 1.54) is 12.1 Å². The number of piperazine rings is 1. The summed E-state index contributed by atoms with van der Waals surface area (Å²) in [5.74, 6) is -0.124. The second kappa shape index (κ2) is 10.2. The zero-order chi connectivity index (χ0) is 23.4. The van der Waals surface area contributed by atoms with Crippen molar-refractivity contribution in [2.24, 2.45) is 0 Å². The summed E-state index contributed by atoms with van der Waals surface area (Å²) in [7, 11) is 0. The first-order chi connectivity index (χ1) is 15.9. The lowest BCUT2D eigenvalue weighted by Gasteiger charge is -2.34. The molecule has 0 bridgehead atoms. The van der Waals surface area contributed by atoms with Crippen LogP contribution in [0.25, 0.3) is 22.2 Å². The van der Waals surface area contributed by atoms with E-state index in [1.54, 1.807) is 12.1 Å². The molecule has 6 nitrogen and oxygen atoms in total. The fourth-order valence-corrected chi connectivity index (χ4v) is 4.44. The number of rotatable bonds is 7. The summed E-state index contributed by atoms with van der Waals surface area (Å²) < 4.78 is 13.4. The molecule has 2 aromatic carbocycles. The van der Waals surface area contributed by atoms with E-state index in [-0.39, 0.29) is 23.7 Å². The summed E-state index contributed by atoms with van der Waals surface area (Å²) >= 11 is 0. The molecule has 0 radical (unpaired) electrons. The lowest BCUT2D eigenvalue weighted by Crippen LogP contribution is -2.51. The van der Waals surface area contributed by atoms with Crippen LogP contribution in [0.5, 0.6) is 0 Å². The minimum Gasteiger partial charge on any atom is -0.354 e. The third kappa shape index (κ3) is 5.60. The van der Waals surface area contributed by atoms with Gasteiger partial charge < -0.3 is 15.2 Å². The Bertz CT molecular complexity index is 1120. The highest BCUT2D eigenvalue weighted by atomic mass is 19.1. The maximum atomic E-state index is 13.4. The first-order valence-corrected chi connectivity index (χ1v) is 11.6. The number of nitrogens with one attached hydrogen (secondary N) is 2. The number of fused-ring (bicyclic) bond motifs is 1. The van der Waals surface area contributed by atoms with Crippen LogP contribution in [-0.2, 0) is 16.0 Å². The maximum Gasteiger partial charge on any atom is 0.234 e. The van der Waals surface area contributed by atoms with Crippen LogP contribution in [0.15, 0.2) is 48.5 Å². The van der Waals surface area contributed by atoms with E-state index in [9.17, 15) is 14.0 Å². The Labute approximate surface area is 193 Å². The Morgan fingerprint density at radius 2 is 1.73 bits per heavy atom. The number of carbonyl (C=O) groups is 2. The highest BCUT2D eigenvalue weighted by Crippen LogP contribution is 2.31. The summed E-state index contributed by atoms with van der Waals surface area (Å²) in [5.41, 5.74) is 3.93. The minimum absolute atomic E-state index is 0.0254. The summed E-state index contributed by atoms with van der Waals surface area (Å²) in [4.78, 5) is 32.4. The molecule has 174 valence electrons. The second-order valence-corrected chi connectivity index (χ2v) is 8.91. The number of hydrogen-bond donors (Lipinski definition) is 2. The van der Waals surface area contributed by atoms with Crippen molar-refractivity contribution in [2.75, 3.05) is 32.7 Å². The Balaban J connectivity index is 1.40. The second-order valence-electron chi connectivity index (χ2n) is 8.91. The van der Waals surface area contributed by atoms with Gasteiger partial charge in [0.05, 0.1) is 6.54 Å². The number of aromatic amines is 1. The molecule has 0 aliphatic carbocycles. The van der Waals surface area contributed by atoms with E-state index >= 15 is 0 Å². The number of aromatic nitrogens is 1. The maximum absolute atomic E-state index is 13.4. The first-order valence-electron chi connectivity index (χ1n) is 11.6. The van der Waals surface area contributed by atoms with Crippen LogP contribution in [0.4, 0.5) is 4.39 Å². The summed E-state index contributed by atoms with van der Waals surface area (Å²) in [5, 5.41) is 4.00. The lowest BCUT2D eigenvalue weighted by molar-refractivity contribution is -0.133. The van der Waals surface area contributed by atoms with Gasteiger partial charge in [-0.05, 0) is 61.7 Å². The third-order valence-electron chi connectivity index (χ3n) is 6.08. The number of aryl methyl sites for hydroxylation is 1. The van der Waals surface area contributed by atoms with E-state index in [0.29, 0.717) is 45.6 Å². The Morgan fingerprint density at radius 1 is 1.03 bits per heavy atom. The number of nitrogens with zero attached hydrogens (tertiary/aromatic N) is 2. The monoisotopic (exact) mass is 450 g/mol. The molecule has 1 aromatic heterocycles. The normalized spacial score (nSPS) is 14.7. The van der Waals surface area contributed by atoms with Gasteiger partial charge in [-0.25, -0.2) is 4.39 Å². The van der Waals surface area contributed by atoms with Gasteiger partial charge in [-0.2, -0.15) is 0 Å². The molecule has 2 amide bonds. The number of halogens is 1. The highest BCUT2D eigenvalue weighted by Gasteiger charge is 2.23. The molecule has 4 rings (SSSR count). The molecule has 2 N–H and O–H groups in total. The zero-order valence-corrected chi connectivity index (χ0v) is 19.2. The van der Waals surface area contributed by atoms with E-state index in [4.69, 9.17) is 0 Å². The summed E-state index contributed by atoms with van der Waals surface area (Å²) in [6, 6.07) is 14.6. The van der Waals surface area contributed by atoms with Crippen LogP contribution >= 0.6 is 0 Å². The van der Waals surface area contributed by atoms with Gasteiger partial charge >= 0.3 is 0 Å². The van der Waals surface area contributed by atoms with Gasteiger partial charge in [-0.3, -0.25) is 14.5 Å². The average Bonchev–Trinajstić information content (AvgIpc) is 3.16. The van der Waals surface area contributed by atoms with Gasteiger partial charge in [0, 0.05) is 55.2 Å². The van der Waals surface area contributed by atoms with Crippen molar-refractivity contribution in [3.63, 3.8) is 0 Å². The first kappa shape index (κ1) is 23.0. The molecule has 2 heterocycles. The highest BCUT2D eigenvalue weighted by molar-refractivity contribution is 5.91. The topological polar surface area (TPSA) is 68.4 Å². The summed E-state index contributed by atoms with van der Waals surface area (Å²) in [6.07, 6.45) is 1.01. The number of carbonyl (C=O) groups excluding carboxylic acids is 2. The molecule has 0 atom stereocenters. The fraction of sp³-hybridized carbons (Fsp3) is 0.385. The zero-order valence-electron chi connectivity index (χ0n) is 19.2. The molecule has 1 saturated heterocycles. The summed E-state index contributed by atoms with van der Waals surface area (Å²) in [6.45, 7) is 6.93. The van der Waals surface area contributed by atoms with Gasteiger partial charge in [0.1, 0.15) is 5.82 Å². The Kier molecular flexibility index (Phi) is 7.08. The standard InChI is InChI=1S/C26H31FN4O2/c1-18(2)28-24(32)17-30-13-15-31(16-14-30)25(33)12-11-22-21-5-3-4-6-23(21)29-26(22)19-7-9-20(27)10-8-19/h3-10,18,29H,11-17H2,1-2H3,(H,28,32). The van der Waals surface area contributed by atoms with Gasteiger partial charge in [-0.15, -0.1) is 0 Å². The number of benzene rings is 2. The van der Waals surface area contributed by atoms with Crippen molar-refractivity contribution < 1.29 is 14.0 Å². The van der Waals surface area contributed by atoms with Crippen molar-refractivity contribution in [3.8, 4) is 11.3 Å². The van der Waals surface area contributed by atoms with Crippen molar-refractivity contribution in [2.45, 2.75) is 32.7 Å². The van der Waals surface area contributed by atoms with Gasteiger partial charge in [0.15, 0.2) is 0 Å². The molecule has 33 heavy (non-hydrogen) atoms. The number of amides is 2. The van der Waals surface area contributed by atoms with Gasteiger partial charge in [-0.1, -0.05) is 18.2 Å². The molecule has 0 saturated carbocycles. The molecular formula is C26H31FN4O2. The Hall–Kier alpha value is -3.19. The molecule has 1 aliphatic rings. The predicted octanol–water partition coefficient (Wildman–Crippen LogP) is 3.58. The lowest BCUT2D eigenvalue weighted by atomic mass is 10.0. The molecule has 1 aliphatic heterocycles. The molecule has 0 spiro atoms. The van der Waals surface area contributed by atoms with Crippen molar-refractivity contribution in [1.29, 1.82) is 0 Å². The molecule has 1 fully saturated rings. The van der Waals surface area contributed by atoms with Crippen molar-refractivity contribution >= 4 is 22.7 Å². The van der Waals surface area contributed by atoms with Crippen molar-refractivity contribution in [1.82, 2.24) is 20.1 Å². The quantitative estimate of drug-likeness (QED) is 0.578. The molecule has 0 unspecified atom stereocenters. The molecule has 7 heteroatoms. The van der Waals surface area contributed by atoms with Crippen LogP contribution in [0, 0.1) is 5.82 Å². The van der Waals surface area contributed by atoms with Crippen LogP contribution < -0.4 is 5.32 Å². The van der Waals surface area contributed by atoms with Crippen LogP contribution in [0.2, 0.25) is 0 Å². The number of para-hydroxylation sites is 1. The molecular weight excluding hydrogens is 419 g/mol. The third-order valence-corrected chi connectivity index (χ3v) is 6.08. The SMILES string of the molecule is CC(C)NC(=O)CN1CCN(C(=O)CCc2c(-c3ccc(F)cc3)[nH]c3ccccc23)CC1. The van der Waals surface area contributed by atoms with Gasteiger partial charge in [0.25, 0.3) is 0 Å². The fourth-order valence-electron chi connectivity index (χ4n) is 4.44. The van der Waals surface area contributed by atoms with Crippen molar-refractivity contribution in [3.05, 3.63) is 59.9 Å². The van der Waals surface area contributed by atoms with E-state index in [2.05, 4.69) is 21.3 Å². The van der Waals surface area contributed by atoms with E-state index < -0.39 is 0 Å². The van der Waals surface area contributed by atoms with E-state index in [0.717, 1.165) is 27.7 Å². The Morgan fingerprint density at radius 3 is 2.42 bits per heavy atom. The smallest absolute Gasteiger partial charge is 0.234 e. The van der Waals surface area contributed by atoms with Gasteiger partial charge in [0.2, 0.25) is 11.8 Å². The number of H-pyrrole nitrogens is 1.